The van der Waals surface area contributed by atoms with Gasteiger partial charge in [0, 0.05) is 0 Å². The molecule has 3 heterocycles. The van der Waals surface area contributed by atoms with Crippen molar-refractivity contribution in [3.63, 3.8) is 0 Å². The van der Waals surface area contributed by atoms with Crippen LogP contribution in [0.5, 0.6) is 5.75 Å². The van der Waals surface area contributed by atoms with E-state index in [0.29, 0.717) is 5.92 Å². The van der Waals surface area contributed by atoms with E-state index < -0.39 is 0 Å². The molecule has 1 aromatic carbocycles. The third-order valence-electron chi connectivity index (χ3n) is 5.24. The molecule has 1 aliphatic heterocycles. The number of hydrogen-bond acceptors (Lipinski definition) is 6. The molecule has 0 saturated carbocycles. The van der Waals surface area contributed by atoms with E-state index >= 15 is 0 Å². The monoisotopic (exact) mass is 474 g/mol. The van der Waals surface area contributed by atoms with Crippen LogP contribution in [-0.4, -0.2) is 54.5 Å². The summed E-state index contributed by atoms with van der Waals surface area (Å²) in [5, 5.41) is 0.776. The van der Waals surface area contributed by atoms with E-state index in [1.165, 1.54) is 5.56 Å². The van der Waals surface area contributed by atoms with E-state index in [2.05, 4.69) is 42.3 Å². The number of hydrogen-bond donors (Lipinski definition) is 0. The zero-order valence-corrected chi connectivity index (χ0v) is 19.1. The Morgan fingerprint density at radius 3 is 2.72 bits per heavy atom. The van der Waals surface area contributed by atoms with Crippen molar-refractivity contribution < 1.29 is 9.47 Å². The normalized spacial score (nSPS) is 14.9. The van der Waals surface area contributed by atoms with E-state index in [1.54, 1.807) is 18.9 Å². The van der Waals surface area contributed by atoms with E-state index in [0.717, 1.165) is 66.1 Å². The molecule has 0 N–H and O–H groups in total. The SMILES string of the molecule is COc1ccc(CN(CC2CCOCC2)c2nc(SC)nc3c(Br)cbn23)cc1. The molecule has 0 spiro atoms. The van der Waals surface area contributed by atoms with Crippen LogP contribution in [0.15, 0.2) is 39.9 Å². The summed E-state index contributed by atoms with van der Waals surface area (Å²) < 4.78 is 13.9. The topological polar surface area (TPSA) is 51.9 Å². The van der Waals surface area contributed by atoms with Gasteiger partial charge >= 0.3 is 185 Å². The number of rotatable bonds is 7. The van der Waals surface area contributed by atoms with Gasteiger partial charge in [0.15, 0.2) is 0 Å². The second-order valence-electron chi connectivity index (χ2n) is 7.15. The molecular weight excluding hydrogens is 451 g/mol. The van der Waals surface area contributed by atoms with Gasteiger partial charge in [-0.05, 0) is 0 Å². The third kappa shape index (κ3) is 4.78. The summed E-state index contributed by atoms with van der Waals surface area (Å²) in [5.74, 6) is 4.40. The van der Waals surface area contributed by atoms with E-state index in [9.17, 15) is 0 Å². The molecule has 0 atom stereocenters. The summed E-state index contributed by atoms with van der Waals surface area (Å²) in [6.45, 7) is 3.39. The molecule has 0 aliphatic carbocycles. The Balaban J connectivity index is 1.71. The van der Waals surface area contributed by atoms with Crippen LogP contribution in [0.3, 0.4) is 0 Å². The van der Waals surface area contributed by atoms with Crippen LogP contribution >= 0.6 is 27.7 Å². The average molecular weight is 475 g/mol. The molecule has 9 heteroatoms. The standard InChI is InChI=1S/C20H24BBrN4O2S/c1-27-16-5-3-14(4-6-16)12-25(13-15-7-9-28-10-8-15)20-24-19(29-2)23-18-17(22)11-21-26(18)20/h3-6,11,15H,7-10,12-13H2,1-2H3. The van der Waals surface area contributed by atoms with Crippen LogP contribution in [0.1, 0.15) is 18.4 Å². The summed E-state index contributed by atoms with van der Waals surface area (Å²) in [6.07, 6.45) is 4.18. The van der Waals surface area contributed by atoms with E-state index in [-0.39, 0.29) is 0 Å². The first kappa shape index (κ1) is 20.7. The van der Waals surface area contributed by atoms with Crippen molar-refractivity contribution in [1.29, 1.82) is 0 Å². The Morgan fingerprint density at radius 1 is 1.28 bits per heavy atom. The number of ether oxygens (including phenoxy) is 2. The molecule has 3 aromatic rings. The van der Waals surface area contributed by atoms with Crippen molar-refractivity contribution >= 4 is 46.3 Å². The van der Waals surface area contributed by atoms with Gasteiger partial charge in [-0.3, -0.25) is 0 Å². The molecule has 4 rings (SSSR count). The van der Waals surface area contributed by atoms with Crippen LogP contribution in [0.2, 0.25) is 0 Å². The fraction of sp³-hybridized carbons (Fsp3) is 0.450. The van der Waals surface area contributed by atoms with Crippen molar-refractivity contribution in [3.8, 4) is 5.75 Å². The molecule has 2 aromatic heterocycles. The minimum atomic E-state index is 0.587. The van der Waals surface area contributed by atoms with Crippen LogP contribution in [0.25, 0.3) is 5.65 Å². The fourth-order valence-electron chi connectivity index (χ4n) is 3.65. The molecule has 0 unspecified atom stereocenters. The van der Waals surface area contributed by atoms with Crippen molar-refractivity contribution in [2.24, 2.45) is 5.92 Å². The number of anilines is 1. The van der Waals surface area contributed by atoms with Crippen LogP contribution < -0.4 is 9.64 Å². The Hall–Kier alpha value is -1.58. The van der Waals surface area contributed by atoms with Gasteiger partial charge in [-0.1, -0.05) is 0 Å². The molecule has 152 valence electrons. The number of halogens is 1. The molecule has 6 nitrogen and oxygen atoms in total. The van der Waals surface area contributed by atoms with E-state index in [1.807, 2.05) is 31.4 Å². The Labute approximate surface area is 184 Å². The van der Waals surface area contributed by atoms with Gasteiger partial charge in [0.25, 0.3) is 0 Å². The van der Waals surface area contributed by atoms with Crippen LogP contribution in [0, 0.1) is 5.92 Å². The second kappa shape index (κ2) is 9.49. The Bertz CT molecular complexity index is 963. The van der Waals surface area contributed by atoms with Crippen molar-refractivity contribution in [1.82, 2.24) is 14.3 Å². The summed E-state index contributed by atoms with van der Waals surface area (Å²) in [5.41, 5.74) is 2.12. The van der Waals surface area contributed by atoms with Crippen molar-refractivity contribution in [3.05, 3.63) is 40.3 Å². The van der Waals surface area contributed by atoms with Crippen molar-refractivity contribution in [2.75, 3.05) is 38.0 Å². The van der Waals surface area contributed by atoms with Crippen molar-refractivity contribution in [2.45, 2.75) is 24.5 Å². The van der Waals surface area contributed by atoms with Gasteiger partial charge in [0.1, 0.15) is 0 Å². The predicted octanol–water partition coefficient (Wildman–Crippen LogP) is 3.99. The number of fused-ring (bicyclic) bond motifs is 1. The number of thioether (sulfide) groups is 1. The number of methoxy groups -OCH3 is 1. The third-order valence-corrected chi connectivity index (χ3v) is 6.41. The molecule has 0 amide bonds. The van der Waals surface area contributed by atoms with Gasteiger partial charge in [-0.15, -0.1) is 0 Å². The number of aromatic nitrogens is 3. The first-order valence-corrected chi connectivity index (χ1v) is 11.7. The zero-order valence-electron chi connectivity index (χ0n) is 16.7. The summed E-state index contributed by atoms with van der Waals surface area (Å²) in [6, 6.07) is 8.26. The van der Waals surface area contributed by atoms with Gasteiger partial charge in [0.2, 0.25) is 0 Å². The van der Waals surface area contributed by atoms with Gasteiger partial charge in [-0.2, -0.15) is 0 Å². The molecule has 1 saturated heterocycles. The van der Waals surface area contributed by atoms with Gasteiger partial charge < -0.3 is 0 Å². The van der Waals surface area contributed by atoms with Crippen LogP contribution in [-0.2, 0) is 11.3 Å². The minimum absolute atomic E-state index is 0.587. The van der Waals surface area contributed by atoms with Gasteiger partial charge in [0.05, 0.1) is 0 Å². The molecular formula is C20H24BBrN4O2S. The molecule has 0 bridgehead atoms. The maximum atomic E-state index is 5.57. The Morgan fingerprint density at radius 2 is 2.03 bits per heavy atom. The summed E-state index contributed by atoms with van der Waals surface area (Å²) in [7, 11) is 3.72. The molecule has 1 fully saturated rings. The average Bonchev–Trinajstić information content (AvgIpc) is 3.14. The Kier molecular flexibility index (Phi) is 6.77. The van der Waals surface area contributed by atoms with E-state index in [4.69, 9.17) is 14.5 Å². The summed E-state index contributed by atoms with van der Waals surface area (Å²) in [4.78, 5) is 11.9. The van der Waals surface area contributed by atoms with Gasteiger partial charge in [-0.25, -0.2) is 0 Å². The first-order valence-electron chi connectivity index (χ1n) is 9.72. The fourth-order valence-corrected chi connectivity index (χ4v) is 4.40. The molecule has 1 aliphatic rings. The summed E-state index contributed by atoms with van der Waals surface area (Å²) >= 11 is 5.19. The molecule has 0 radical (unpaired) electrons. The second-order valence-corrected chi connectivity index (χ2v) is 8.78. The number of benzene rings is 1. The maximum absolute atomic E-state index is 5.57. The number of nitrogens with zero attached hydrogens (tertiary/aromatic N) is 4. The predicted molar refractivity (Wildman–Crippen MR) is 121 cm³/mol. The quantitative estimate of drug-likeness (QED) is 0.482. The van der Waals surface area contributed by atoms with Crippen LogP contribution in [0.4, 0.5) is 5.95 Å². The zero-order chi connectivity index (χ0) is 20.2. The first-order chi connectivity index (χ1) is 14.2. The molecule has 29 heavy (non-hydrogen) atoms.